The van der Waals surface area contributed by atoms with E-state index in [2.05, 4.69) is 39.0 Å². The van der Waals surface area contributed by atoms with E-state index in [9.17, 15) is 9.90 Å². The summed E-state index contributed by atoms with van der Waals surface area (Å²) in [5.74, 6) is 0. The summed E-state index contributed by atoms with van der Waals surface area (Å²) in [6.45, 7) is 3.17. The summed E-state index contributed by atoms with van der Waals surface area (Å²) in [5, 5.41) is 9.88. The van der Waals surface area contributed by atoms with Crippen molar-refractivity contribution in [3.63, 3.8) is 0 Å². The van der Waals surface area contributed by atoms with E-state index in [-0.39, 0.29) is 6.04 Å². The Balaban J connectivity index is 1.35. The Morgan fingerprint density at radius 2 is 1.56 bits per heavy atom. The summed E-state index contributed by atoms with van der Waals surface area (Å²) in [6, 6.07) is 22.6. The van der Waals surface area contributed by atoms with Crippen LogP contribution in [-0.4, -0.2) is 52.2 Å². The van der Waals surface area contributed by atoms with E-state index in [0.717, 1.165) is 49.4 Å². The number of hydrogen-bond donors (Lipinski definition) is 1. The second-order valence-corrected chi connectivity index (χ2v) is 8.33. The zero-order valence-electron chi connectivity index (χ0n) is 18.5. The van der Waals surface area contributed by atoms with Crippen LogP contribution in [0.5, 0.6) is 0 Å². The molecule has 0 unspecified atom stereocenters. The van der Waals surface area contributed by atoms with E-state index in [4.69, 9.17) is 0 Å². The van der Waals surface area contributed by atoms with Crippen LogP contribution < -0.4 is 4.90 Å². The molecule has 0 spiro atoms. The number of piperidine rings is 1. The molecule has 1 saturated heterocycles. The Hall–Kier alpha value is -3.38. The van der Waals surface area contributed by atoms with Crippen LogP contribution in [0.2, 0.25) is 0 Å². The Morgan fingerprint density at radius 3 is 2.19 bits per heavy atom. The zero-order chi connectivity index (χ0) is 22.3. The van der Waals surface area contributed by atoms with E-state index < -0.39 is 6.09 Å². The molecular weight excluding hydrogens is 400 g/mol. The van der Waals surface area contributed by atoms with E-state index in [1.165, 1.54) is 5.56 Å². The van der Waals surface area contributed by atoms with Crippen LogP contribution >= 0.6 is 0 Å². The van der Waals surface area contributed by atoms with Crippen molar-refractivity contribution in [2.24, 2.45) is 0 Å². The molecule has 1 aliphatic heterocycles. The number of hydrogen-bond acceptors (Lipinski definition) is 4. The summed E-state index contributed by atoms with van der Waals surface area (Å²) < 4.78 is 0. The third-order valence-corrected chi connectivity index (χ3v) is 6.22. The smallest absolute Gasteiger partial charge is 0.407 e. The van der Waals surface area contributed by atoms with Crippen molar-refractivity contribution >= 4 is 17.5 Å². The zero-order valence-corrected chi connectivity index (χ0v) is 18.5. The maximum Gasteiger partial charge on any atom is 0.407 e. The molecule has 4 rings (SSSR count). The molecule has 1 aromatic heterocycles. The number of anilines is 2. The highest BCUT2D eigenvalue weighted by Gasteiger charge is 2.28. The first-order valence-electron chi connectivity index (χ1n) is 11.1. The highest BCUT2D eigenvalue weighted by Crippen LogP contribution is 2.25. The van der Waals surface area contributed by atoms with E-state index in [1.54, 1.807) is 17.3 Å². The lowest BCUT2D eigenvalue weighted by atomic mass is 10.0. The van der Waals surface area contributed by atoms with Crippen molar-refractivity contribution in [3.8, 4) is 0 Å². The number of pyridine rings is 1. The predicted molar refractivity (Wildman–Crippen MR) is 127 cm³/mol. The van der Waals surface area contributed by atoms with Crippen molar-refractivity contribution in [3.05, 3.63) is 90.3 Å². The van der Waals surface area contributed by atoms with Crippen LogP contribution in [0.25, 0.3) is 0 Å². The van der Waals surface area contributed by atoms with Gasteiger partial charge in [0.15, 0.2) is 0 Å². The van der Waals surface area contributed by atoms with E-state index in [0.29, 0.717) is 6.54 Å². The van der Waals surface area contributed by atoms with Gasteiger partial charge in [-0.05, 0) is 48.2 Å². The monoisotopic (exact) mass is 430 g/mol. The average Bonchev–Trinajstić information content (AvgIpc) is 2.84. The van der Waals surface area contributed by atoms with Crippen molar-refractivity contribution < 1.29 is 9.90 Å². The number of nitrogens with zero attached hydrogens (tertiary/aromatic N) is 4. The molecule has 2 aromatic carbocycles. The molecular formula is C26H30N4O2. The van der Waals surface area contributed by atoms with Gasteiger partial charge in [0, 0.05) is 63.0 Å². The maximum atomic E-state index is 12.0. The summed E-state index contributed by atoms with van der Waals surface area (Å²) in [6.07, 6.45) is 4.43. The minimum atomic E-state index is -0.843. The van der Waals surface area contributed by atoms with Gasteiger partial charge in [0.1, 0.15) is 0 Å². The van der Waals surface area contributed by atoms with Crippen molar-refractivity contribution in [1.82, 2.24) is 14.8 Å². The second kappa shape index (κ2) is 10.3. The largest absolute Gasteiger partial charge is 0.465 e. The van der Waals surface area contributed by atoms with E-state index >= 15 is 0 Å². The third-order valence-electron chi connectivity index (χ3n) is 6.22. The Labute approximate surface area is 189 Å². The van der Waals surface area contributed by atoms with E-state index in [1.807, 2.05) is 49.5 Å². The molecule has 0 saturated carbocycles. The van der Waals surface area contributed by atoms with Crippen LogP contribution in [0, 0.1) is 0 Å². The molecule has 32 heavy (non-hydrogen) atoms. The van der Waals surface area contributed by atoms with Crippen molar-refractivity contribution in [2.75, 3.05) is 25.0 Å². The van der Waals surface area contributed by atoms with Gasteiger partial charge in [0.05, 0.1) is 0 Å². The number of aromatic nitrogens is 1. The van der Waals surface area contributed by atoms with Crippen LogP contribution in [0.3, 0.4) is 0 Å². The number of amides is 1. The van der Waals surface area contributed by atoms with Gasteiger partial charge in [-0.15, -0.1) is 0 Å². The molecule has 0 bridgehead atoms. The van der Waals surface area contributed by atoms with Crippen molar-refractivity contribution in [1.29, 1.82) is 0 Å². The number of carboxylic acid groups (broad SMARTS) is 1. The standard InChI is InChI=1S/C26H30N4O2/c1-28(24-11-15-27-16-12-24)23-9-7-22(8-10-23)20-30(26(31)32)25-13-17-29(18-14-25)19-21-5-3-2-4-6-21/h2-12,15-16,25H,13-14,17-20H2,1H3,(H,31,32). The minimum Gasteiger partial charge on any atom is -0.465 e. The quantitative estimate of drug-likeness (QED) is 0.572. The lowest BCUT2D eigenvalue weighted by Gasteiger charge is -2.37. The molecule has 166 valence electrons. The Morgan fingerprint density at radius 1 is 0.938 bits per heavy atom. The Kier molecular flexibility index (Phi) is 7.02. The fourth-order valence-electron chi connectivity index (χ4n) is 4.32. The van der Waals surface area contributed by atoms with Crippen LogP contribution in [0.15, 0.2) is 79.1 Å². The first-order valence-corrected chi connectivity index (χ1v) is 11.1. The summed E-state index contributed by atoms with van der Waals surface area (Å²) in [5.41, 5.74) is 4.42. The molecule has 0 radical (unpaired) electrons. The molecule has 3 aromatic rings. The lowest BCUT2D eigenvalue weighted by Crippen LogP contribution is -2.46. The fourth-order valence-corrected chi connectivity index (χ4v) is 4.32. The van der Waals surface area contributed by atoms with Gasteiger partial charge < -0.3 is 14.9 Å². The summed E-state index contributed by atoms with van der Waals surface area (Å²) in [4.78, 5) is 22.2. The number of carbonyl (C=O) groups is 1. The fraction of sp³-hybridized carbons (Fsp3) is 0.308. The number of likely N-dealkylation sites (tertiary alicyclic amines) is 1. The highest BCUT2D eigenvalue weighted by molar-refractivity contribution is 5.66. The van der Waals surface area contributed by atoms with Crippen LogP contribution in [0.1, 0.15) is 24.0 Å². The topological polar surface area (TPSA) is 59.9 Å². The first kappa shape index (κ1) is 21.8. The van der Waals surface area contributed by atoms with Crippen LogP contribution in [-0.2, 0) is 13.1 Å². The SMILES string of the molecule is CN(c1ccncc1)c1ccc(CN(C(=O)O)C2CCN(Cc3ccccc3)CC2)cc1. The molecule has 1 aliphatic rings. The highest BCUT2D eigenvalue weighted by atomic mass is 16.4. The molecule has 1 N–H and O–H groups in total. The minimum absolute atomic E-state index is 0.0543. The molecule has 6 nitrogen and oxygen atoms in total. The molecule has 1 fully saturated rings. The normalized spacial score (nSPS) is 14.8. The Bertz CT molecular complexity index is 987. The van der Waals surface area contributed by atoms with Crippen LogP contribution in [0.4, 0.5) is 16.2 Å². The average molecular weight is 431 g/mol. The third kappa shape index (κ3) is 5.45. The maximum absolute atomic E-state index is 12.0. The second-order valence-electron chi connectivity index (χ2n) is 8.33. The molecule has 2 heterocycles. The van der Waals surface area contributed by atoms with Gasteiger partial charge in [-0.2, -0.15) is 0 Å². The van der Waals surface area contributed by atoms with Gasteiger partial charge in [-0.25, -0.2) is 4.79 Å². The number of benzene rings is 2. The number of rotatable bonds is 7. The summed E-state index contributed by atoms with van der Waals surface area (Å²) in [7, 11) is 2.01. The summed E-state index contributed by atoms with van der Waals surface area (Å²) >= 11 is 0. The van der Waals surface area contributed by atoms with Gasteiger partial charge in [-0.1, -0.05) is 42.5 Å². The van der Waals surface area contributed by atoms with Gasteiger partial charge in [0.2, 0.25) is 0 Å². The van der Waals surface area contributed by atoms with Crippen molar-refractivity contribution in [2.45, 2.75) is 32.0 Å². The lowest BCUT2D eigenvalue weighted by molar-refractivity contribution is 0.0847. The molecule has 0 aliphatic carbocycles. The first-order chi connectivity index (χ1) is 15.6. The van der Waals surface area contributed by atoms with Gasteiger partial charge >= 0.3 is 6.09 Å². The molecule has 0 atom stereocenters. The molecule has 1 amide bonds. The van der Waals surface area contributed by atoms with Gasteiger partial charge in [-0.3, -0.25) is 9.88 Å². The van der Waals surface area contributed by atoms with Gasteiger partial charge in [0.25, 0.3) is 0 Å². The molecule has 6 heteroatoms. The predicted octanol–water partition coefficient (Wildman–Crippen LogP) is 4.99.